The van der Waals surface area contributed by atoms with Crippen molar-refractivity contribution in [1.82, 2.24) is 4.98 Å². The Morgan fingerprint density at radius 2 is 1.91 bits per heavy atom. The van der Waals surface area contributed by atoms with E-state index in [9.17, 15) is 14.4 Å². The van der Waals surface area contributed by atoms with Crippen LogP contribution < -0.4 is 9.64 Å². The zero-order valence-electron chi connectivity index (χ0n) is 18.0. The summed E-state index contributed by atoms with van der Waals surface area (Å²) in [4.78, 5) is 46.3. The lowest BCUT2D eigenvalue weighted by Gasteiger charge is -2.25. The smallest absolute Gasteiger partial charge is 0.297 e. The van der Waals surface area contributed by atoms with Crippen LogP contribution in [0.5, 0.6) is 5.75 Å². The number of Topliss-reactive ketones (excluding diaryl/α,β-unsaturated/α-hetero) is 2. The fraction of sp³-hybridized carbons (Fsp3) is 0.200. The summed E-state index contributed by atoms with van der Waals surface area (Å²) in [6.45, 7) is 4.41. The predicted octanol–water partition coefficient (Wildman–Crippen LogP) is 5.22. The highest BCUT2D eigenvalue weighted by Gasteiger charge is 2.53. The van der Waals surface area contributed by atoms with E-state index in [-0.39, 0.29) is 5.78 Å². The van der Waals surface area contributed by atoms with Crippen molar-refractivity contribution in [2.24, 2.45) is 5.92 Å². The van der Waals surface area contributed by atoms with Gasteiger partial charge in [-0.3, -0.25) is 19.3 Å². The van der Waals surface area contributed by atoms with Gasteiger partial charge in [-0.25, -0.2) is 4.98 Å². The number of amides is 1. The quantitative estimate of drug-likeness (QED) is 0.217. The van der Waals surface area contributed by atoms with Gasteiger partial charge in [0.2, 0.25) is 5.78 Å². The Balaban J connectivity index is 1.63. The third-order valence-corrected chi connectivity index (χ3v) is 7.54. The molecule has 0 aliphatic carbocycles. The van der Waals surface area contributed by atoms with Crippen LogP contribution in [0.3, 0.4) is 0 Å². The van der Waals surface area contributed by atoms with E-state index in [4.69, 9.17) is 4.74 Å². The summed E-state index contributed by atoms with van der Waals surface area (Å²) < 4.78 is 6.42. The van der Waals surface area contributed by atoms with E-state index >= 15 is 0 Å². The number of ether oxygens (including phenoxy) is 1. The normalized spacial score (nSPS) is 18.3. The second-order valence-corrected chi connectivity index (χ2v) is 9.73. The SMILES string of the molecule is CCOc1ccc2nc(N3C(=O)C(=O)C(C(=O)c4cccs4)C3c3ccc(C)cc3)sc2c1. The van der Waals surface area contributed by atoms with E-state index < -0.39 is 23.7 Å². The van der Waals surface area contributed by atoms with Crippen molar-refractivity contribution in [3.05, 3.63) is 76.0 Å². The standard InChI is InChI=1S/C25H20N2O4S2/c1-3-31-16-10-11-17-19(13-16)33-25(26-17)27-21(15-8-6-14(2)7-9-15)20(23(29)24(27)30)22(28)18-5-4-12-32-18/h4-13,20-21H,3H2,1-2H3. The predicted molar refractivity (Wildman–Crippen MR) is 129 cm³/mol. The Kier molecular flexibility index (Phi) is 5.55. The first kappa shape index (κ1) is 21.5. The van der Waals surface area contributed by atoms with Gasteiger partial charge >= 0.3 is 0 Å². The van der Waals surface area contributed by atoms with Crippen LogP contribution >= 0.6 is 22.7 Å². The summed E-state index contributed by atoms with van der Waals surface area (Å²) >= 11 is 2.58. The van der Waals surface area contributed by atoms with Gasteiger partial charge in [0, 0.05) is 0 Å². The van der Waals surface area contributed by atoms with Crippen LogP contribution in [0.15, 0.2) is 60.0 Å². The van der Waals surface area contributed by atoms with Gasteiger partial charge < -0.3 is 4.74 Å². The number of benzene rings is 2. The van der Waals surface area contributed by atoms with Crippen molar-refractivity contribution in [2.75, 3.05) is 11.5 Å². The minimum atomic E-state index is -1.12. The van der Waals surface area contributed by atoms with Crippen molar-refractivity contribution in [3.63, 3.8) is 0 Å². The molecule has 2 atom stereocenters. The number of anilines is 1. The molecule has 3 heterocycles. The molecule has 0 bridgehead atoms. The van der Waals surface area contributed by atoms with Gasteiger partial charge in [-0.15, -0.1) is 11.3 Å². The maximum Gasteiger partial charge on any atom is 0.297 e. The van der Waals surface area contributed by atoms with Gasteiger partial charge in [-0.1, -0.05) is 47.2 Å². The molecule has 0 N–H and O–H groups in total. The summed E-state index contributed by atoms with van der Waals surface area (Å²) in [5.41, 5.74) is 2.48. The van der Waals surface area contributed by atoms with Crippen LogP contribution in [0.25, 0.3) is 10.2 Å². The maximum atomic E-state index is 13.4. The van der Waals surface area contributed by atoms with E-state index in [1.54, 1.807) is 17.5 Å². The first-order valence-electron chi connectivity index (χ1n) is 10.5. The Bertz CT molecular complexity index is 1360. The van der Waals surface area contributed by atoms with Gasteiger partial charge in [0.15, 0.2) is 10.9 Å². The largest absolute Gasteiger partial charge is 0.494 e. The number of carbonyl (C=O) groups excluding carboxylic acids is 3. The summed E-state index contributed by atoms with van der Waals surface area (Å²) in [7, 11) is 0. The molecule has 1 fully saturated rings. The van der Waals surface area contributed by atoms with Crippen LogP contribution in [0.4, 0.5) is 5.13 Å². The lowest BCUT2D eigenvalue weighted by Crippen LogP contribution is -2.30. The third-order valence-electron chi connectivity index (χ3n) is 5.64. The number of ketones is 2. The number of fused-ring (bicyclic) bond motifs is 1. The lowest BCUT2D eigenvalue weighted by atomic mass is 9.88. The number of thiophene rings is 1. The highest BCUT2D eigenvalue weighted by atomic mass is 32.1. The molecular weight excluding hydrogens is 456 g/mol. The Morgan fingerprint density at radius 3 is 2.61 bits per heavy atom. The minimum Gasteiger partial charge on any atom is -0.494 e. The third kappa shape index (κ3) is 3.75. The molecule has 1 saturated heterocycles. The number of hydrogen-bond donors (Lipinski definition) is 0. The fourth-order valence-electron chi connectivity index (χ4n) is 4.07. The molecule has 1 aliphatic rings. The molecule has 0 spiro atoms. The molecule has 33 heavy (non-hydrogen) atoms. The number of aryl methyl sites for hydroxylation is 1. The Hall–Kier alpha value is -3.36. The van der Waals surface area contributed by atoms with Crippen molar-refractivity contribution in [1.29, 1.82) is 0 Å². The van der Waals surface area contributed by atoms with Gasteiger partial charge in [-0.2, -0.15) is 0 Å². The van der Waals surface area contributed by atoms with Crippen LogP contribution in [-0.2, 0) is 9.59 Å². The summed E-state index contributed by atoms with van der Waals surface area (Å²) in [6, 6.07) is 15.8. The molecule has 0 saturated carbocycles. The summed E-state index contributed by atoms with van der Waals surface area (Å²) in [5, 5.41) is 2.18. The second kappa shape index (κ2) is 8.53. The number of aromatic nitrogens is 1. The van der Waals surface area contributed by atoms with Crippen LogP contribution in [0.2, 0.25) is 0 Å². The van der Waals surface area contributed by atoms with E-state index in [2.05, 4.69) is 4.98 Å². The fourth-order valence-corrected chi connectivity index (χ4v) is 5.80. The zero-order valence-corrected chi connectivity index (χ0v) is 19.6. The topological polar surface area (TPSA) is 76.6 Å². The Morgan fingerprint density at radius 1 is 1.12 bits per heavy atom. The molecule has 2 aromatic carbocycles. The number of nitrogens with zero attached hydrogens (tertiary/aromatic N) is 2. The highest BCUT2D eigenvalue weighted by molar-refractivity contribution is 7.22. The van der Waals surface area contributed by atoms with Crippen LogP contribution in [0.1, 0.15) is 33.8 Å². The molecule has 5 rings (SSSR count). The summed E-state index contributed by atoms with van der Waals surface area (Å²) in [6.07, 6.45) is 0. The van der Waals surface area contributed by atoms with Crippen LogP contribution in [0, 0.1) is 12.8 Å². The molecule has 2 aromatic heterocycles. The molecule has 8 heteroatoms. The van der Waals surface area contributed by atoms with Crippen LogP contribution in [-0.4, -0.2) is 29.1 Å². The minimum absolute atomic E-state index is 0.337. The monoisotopic (exact) mass is 476 g/mol. The number of thiazole rings is 1. The molecule has 4 aromatic rings. The van der Waals surface area contributed by atoms with Gasteiger partial charge in [0.25, 0.3) is 5.91 Å². The molecule has 0 radical (unpaired) electrons. The van der Waals surface area contributed by atoms with Crippen molar-refractivity contribution >= 4 is 55.5 Å². The van der Waals surface area contributed by atoms with E-state index in [1.165, 1.54) is 27.6 Å². The van der Waals surface area contributed by atoms with E-state index in [1.807, 2.05) is 56.3 Å². The Labute approximate surface area is 198 Å². The first-order valence-corrected chi connectivity index (χ1v) is 12.2. The lowest BCUT2D eigenvalue weighted by molar-refractivity contribution is -0.135. The van der Waals surface area contributed by atoms with Crippen molar-refractivity contribution in [2.45, 2.75) is 19.9 Å². The molecule has 166 valence electrons. The van der Waals surface area contributed by atoms with E-state index in [0.29, 0.717) is 27.9 Å². The molecule has 1 amide bonds. The average molecular weight is 477 g/mol. The van der Waals surface area contributed by atoms with Crippen molar-refractivity contribution < 1.29 is 19.1 Å². The van der Waals surface area contributed by atoms with E-state index in [0.717, 1.165) is 15.8 Å². The number of carbonyl (C=O) groups is 3. The second-order valence-electron chi connectivity index (χ2n) is 7.77. The summed E-state index contributed by atoms with van der Waals surface area (Å²) in [5.74, 6) is -2.15. The zero-order chi connectivity index (χ0) is 23.1. The molecule has 6 nitrogen and oxygen atoms in total. The molecular formula is C25H20N2O4S2. The van der Waals surface area contributed by atoms with Gasteiger partial charge in [0.05, 0.1) is 27.7 Å². The maximum absolute atomic E-state index is 13.4. The van der Waals surface area contributed by atoms with Gasteiger partial charge in [-0.05, 0) is 49.1 Å². The first-order chi connectivity index (χ1) is 16.0. The number of hydrogen-bond acceptors (Lipinski definition) is 7. The average Bonchev–Trinajstić information content (AvgIpc) is 3.53. The highest BCUT2D eigenvalue weighted by Crippen LogP contribution is 2.44. The van der Waals surface area contributed by atoms with Gasteiger partial charge in [0.1, 0.15) is 11.7 Å². The molecule has 2 unspecified atom stereocenters. The number of rotatable bonds is 6. The van der Waals surface area contributed by atoms with Crippen molar-refractivity contribution in [3.8, 4) is 5.75 Å². The molecule has 1 aliphatic heterocycles.